The van der Waals surface area contributed by atoms with Gasteiger partial charge in [0.1, 0.15) is 18.8 Å². The van der Waals surface area contributed by atoms with Gasteiger partial charge in [-0.15, -0.1) is 0 Å². The Labute approximate surface area is 480 Å². The highest BCUT2D eigenvalue weighted by Crippen LogP contribution is 2.26. The van der Waals surface area contributed by atoms with Crippen molar-refractivity contribution in [1.29, 1.82) is 0 Å². The zero-order valence-corrected chi connectivity index (χ0v) is 50.1. The molecular weight excluding hydrogens is 997 g/mol. The fraction of sp³-hybridized carbons (Fsp3) is 0.761. The van der Waals surface area contributed by atoms with Crippen molar-refractivity contribution in [1.82, 2.24) is 0 Å². The van der Waals surface area contributed by atoms with Gasteiger partial charge in [-0.05, 0) is 89.9 Å². The lowest BCUT2D eigenvalue weighted by atomic mass is 9.98. The first-order chi connectivity index (χ1) is 38.6. The highest BCUT2D eigenvalue weighted by molar-refractivity contribution is 5.74. The van der Waals surface area contributed by atoms with E-state index in [1.807, 2.05) is 0 Å². The number of aliphatic hydroxyl groups is 2. The summed E-state index contributed by atoms with van der Waals surface area (Å²) in [6.45, 7) is 5.87. The van der Waals surface area contributed by atoms with Crippen molar-refractivity contribution < 1.29 is 58.2 Å². The Bertz CT molecular complexity index is 1650. The molecule has 0 radical (unpaired) electrons. The molecule has 6 unspecified atom stereocenters. The fourth-order valence-corrected chi connectivity index (χ4v) is 9.39. The summed E-state index contributed by atoms with van der Waals surface area (Å²) in [6.07, 6.45) is 57.2. The Morgan fingerprint density at radius 3 is 1.25 bits per heavy atom. The summed E-state index contributed by atoms with van der Waals surface area (Å²) in [4.78, 5) is 51.2. The minimum absolute atomic E-state index is 0.0198. The summed E-state index contributed by atoms with van der Waals surface area (Å²) >= 11 is 0. The van der Waals surface area contributed by atoms with Gasteiger partial charge in [0.05, 0.1) is 6.61 Å². The first-order valence-electron chi connectivity index (χ1n) is 31.9. The van der Waals surface area contributed by atoms with Crippen LogP contribution in [-0.2, 0) is 42.9 Å². The Hall–Kier alpha value is -3.84. The van der Waals surface area contributed by atoms with Gasteiger partial charge in [-0.2, -0.15) is 0 Å². The molecule has 12 heteroatoms. The Balaban J connectivity index is 2.67. The maximum absolute atomic E-state index is 13.2. The highest BCUT2D eigenvalue weighted by atomic mass is 16.7. The molecule has 0 bridgehead atoms. The molecule has 1 aliphatic heterocycles. The predicted octanol–water partition coefficient (Wildman–Crippen LogP) is 16.9. The zero-order valence-electron chi connectivity index (χ0n) is 50.1. The van der Waals surface area contributed by atoms with E-state index in [1.54, 1.807) is 0 Å². The lowest BCUT2D eigenvalue weighted by molar-refractivity contribution is -0.301. The molecule has 0 amide bonds. The Morgan fingerprint density at radius 2 is 0.797 bits per heavy atom. The number of hydrogen-bond acceptors (Lipinski definition) is 11. The Kier molecular flexibility index (Phi) is 50.7. The third-order valence-corrected chi connectivity index (χ3v) is 14.3. The van der Waals surface area contributed by atoms with Crippen LogP contribution in [0.3, 0.4) is 0 Å². The number of carboxylic acids is 1. The number of carbonyl (C=O) groups excluding carboxylic acids is 3. The molecule has 3 N–H and O–H groups in total. The summed E-state index contributed by atoms with van der Waals surface area (Å²) in [5.41, 5.74) is 0. The molecule has 1 aliphatic rings. The molecule has 1 rings (SSSR count). The maximum Gasteiger partial charge on any atom is 0.335 e. The van der Waals surface area contributed by atoms with Crippen LogP contribution in [0.15, 0.2) is 72.9 Å². The van der Waals surface area contributed by atoms with Gasteiger partial charge in [0.25, 0.3) is 0 Å². The van der Waals surface area contributed by atoms with Crippen molar-refractivity contribution in [3.8, 4) is 0 Å². The highest BCUT2D eigenvalue weighted by Gasteiger charge is 2.50. The average Bonchev–Trinajstić information content (AvgIpc) is 3.46. The van der Waals surface area contributed by atoms with Gasteiger partial charge in [0, 0.05) is 19.3 Å². The van der Waals surface area contributed by atoms with Gasteiger partial charge in [-0.25, -0.2) is 4.79 Å². The molecule has 0 saturated carbocycles. The number of aliphatic hydroxyl groups excluding tert-OH is 2. The second-order valence-corrected chi connectivity index (χ2v) is 21.7. The summed E-state index contributed by atoms with van der Waals surface area (Å²) in [6, 6.07) is 0. The van der Waals surface area contributed by atoms with E-state index in [0.717, 1.165) is 109 Å². The lowest BCUT2D eigenvalue weighted by Gasteiger charge is -2.40. The van der Waals surface area contributed by atoms with Gasteiger partial charge >= 0.3 is 23.9 Å². The number of esters is 3. The third kappa shape index (κ3) is 44.5. The van der Waals surface area contributed by atoms with E-state index in [4.69, 9.17) is 23.7 Å². The number of unbranched alkanes of at least 4 members (excludes halogenated alkanes) is 28. The van der Waals surface area contributed by atoms with Gasteiger partial charge < -0.3 is 39.0 Å². The molecule has 0 aromatic heterocycles. The van der Waals surface area contributed by atoms with E-state index in [2.05, 4.69) is 93.7 Å². The van der Waals surface area contributed by atoms with Crippen molar-refractivity contribution in [2.75, 3.05) is 13.2 Å². The average molecular weight is 1110 g/mol. The van der Waals surface area contributed by atoms with Crippen LogP contribution in [0.2, 0.25) is 0 Å². The second kappa shape index (κ2) is 54.7. The normalized spacial score (nSPS) is 18.3. The number of rotatable bonds is 54. The maximum atomic E-state index is 13.2. The van der Waals surface area contributed by atoms with Crippen LogP contribution in [0.25, 0.3) is 0 Å². The smallest absolute Gasteiger partial charge is 0.335 e. The number of hydrogen-bond donors (Lipinski definition) is 3. The number of carboxylic acid groups (broad SMARTS) is 1. The van der Waals surface area contributed by atoms with Crippen LogP contribution < -0.4 is 0 Å². The third-order valence-electron chi connectivity index (χ3n) is 14.3. The van der Waals surface area contributed by atoms with Crippen molar-refractivity contribution >= 4 is 23.9 Å². The quantitative estimate of drug-likeness (QED) is 0.0228. The predicted molar refractivity (Wildman–Crippen MR) is 322 cm³/mol. The molecule has 0 spiro atoms. The summed E-state index contributed by atoms with van der Waals surface area (Å²) in [5, 5.41) is 31.5. The number of carbonyl (C=O) groups is 4. The molecular formula is C67H114O12. The number of allylic oxidation sites excluding steroid dienone is 12. The summed E-state index contributed by atoms with van der Waals surface area (Å²) in [7, 11) is 0. The van der Waals surface area contributed by atoms with Gasteiger partial charge in [0.2, 0.25) is 0 Å². The van der Waals surface area contributed by atoms with E-state index in [-0.39, 0.29) is 25.9 Å². The first kappa shape index (κ1) is 73.2. The molecule has 6 atom stereocenters. The van der Waals surface area contributed by atoms with Crippen LogP contribution in [0.5, 0.6) is 0 Å². The monoisotopic (exact) mass is 1110 g/mol. The van der Waals surface area contributed by atoms with Crippen molar-refractivity contribution in [2.24, 2.45) is 0 Å². The largest absolute Gasteiger partial charge is 0.479 e. The number of ether oxygens (including phenoxy) is 5. The summed E-state index contributed by atoms with van der Waals surface area (Å²) < 4.78 is 28.5. The van der Waals surface area contributed by atoms with Gasteiger partial charge in [-0.3, -0.25) is 14.4 Å². The first-order valence-corrected chi connectivity index (χ1v) is 31.9. The molecule has 454 valence electrons. The lowest BCUT2D eigenvalue weighted by Crippen LogP contribution is -2.61. The molecule has 0 aliphatic carbocycles. The molecule has 79 heavy (non-hydrogen) atoms. The van der Waals surface area contributed by atoms with E-state index >= 15 is 0 Å². The molecule has 0 aromatic rings. The van der Waals surface area contributed by atoms with Crippen molar-refractivity contribution in [3.63, 3.8) is 0 Å². The Morgan fingerprint density at radius 1 is 0.430 bits per heavy atom. The molecule has 1 fully saturated rings. The van der Waals surface area contributed by atoms with Crippen LogP contribution in [-0.4, -0.2) is 89.2 Å². The minimum atomic E-state index is -1.92. The van der Waals surface area contributed by atoms with Gasteiger partial charge in [0.15, 0.2) is 24.6 Å². The van der Waals surface area contributed by atoms with Crippen LogP contribution in [0.4, 0.5) is 0 Å². The second-order valence-electron chi connectivity index (χ2n) is 21.7. The van der Waals surface area contributed by atoms with E-state index < -0.39 is 67.3 Å². The van der Waals surface area contributed by atoms with E-state index in [0.29, 0.717) is 19.3 Å². The zero-order chi connectivity index (χ0) is 57.5. The van der Waals surface area contributed by atoms with Crippen LogP contribution in [0.1, 0.15) is 278 Å². The molecule has 1 heterocycles. The summed E-state index contributed by atoms with van der Waals surface area (Å²) in [5.74, 6) is -3.16. The van der Waals surface area contributed by atoms with Crippen molar-refractivity contribution in [3.05, 3.63) is 72.9 Å². The van der Waals surface area contributed by atoms with Crippen LogP contribution >= 0.6 is 0 Å². The van der Waals surface area contributed by atoms with Gasteiger partial charge in [-0.1, -0.05) is 241 Å². The fourth-order valence-electron chi connectivity index (χ4n) is 9.39. The van der Waals surface area contributed by atoms with Crippen LogP contribution in [0, 0.1) is 0 Å². The van der Waals surface area contributed by atoms with Crippen molar-refractivity contribution in [2.45, 2.75) is 314 Å². The molecule has 1 saturated heterocycles. The number of aliphatic carboxylic acids is 1. The molecule has 12 nitrogen and oxygen atoms in total. The SMILES string of the molecule is CC/C=C\C/C=C\C/C=C\C/C=C\C/C=C\CCCCCC(=O)OC1C(OCC(COC(=O)CCCCCCCCCCCCCCCCCCC)OC(=O)CCCCCCC/C=C\CCCCCC)OC(C(=O)O)C(O)C1O. The van der Waals surface area contributed by atoms with E-state index in [1.165, 1.54) is 109 Å². The van der Waals surface area contributed by atoms with E-state index in [9.17, 15) is 34.5 Å². The molecule has 0 aromatic carbocycles. The minimum Gasteiger partial charge on any atom is -0.479 e. The topological polar surface area (TPSA) is 175 Å². The standard InChI is InChI=1S/C67H114O12/c1-4-7-10-13-16-19-22-25-27-29-30-32-34-37-40-43-46-49-52-55-61(70)78-65-63(72)62(71)64(66(73)74)79-67(65)76-57-58(77-60(69)54-51-48-45-42-39-35-24-21-18-15-12-9-6-3)56-75-59(68)53-50-47-44-41-38-36-33-31-28-26-23-20-17-14-11-8-5-2/h7,10,16,19,21,24-25,27,30,32,37,40,58,62-65,67,71-72H,4-6,8-9,11-15,17-18,20,22-23,26,28-29,31,33-36,38-39,41-57H2,1-3H3,(H,73,74)/b10-7-,19-16-,24-21-,27-25-,32-30-,40-37-.